The van der Waals surface area contributed by atoms with E-state index in [4.69, 9.17) is 10.3 Å². The zero-order chi connectivity index (χ0) is 14.0. The van der Waals surface area contributed by atoms with E-state index in [2.05, 4.69) is 10.0 Å². The first-order valence-corrected chi connectivity index (χ1v) is 6.94. The van der Waals surface area contributed by atoms with Gasteiger partial charge in [-0.2, -0.15) is 0 Å². The van der Waals surface area contributed by atoms with Gasteiger partial charge in [-0.15, -0.1) is 0 Å². The molecule has 0 unspecified atom stereocenters. The predicted molar refractivity (Wildman–Crippen MR) is 71.6 cm³/mol. The molecule has 0 aromatic rings. The fraction of sp³-hybridized carbons (Fsp3) is 0.923. The van der Waals surface area contributed by atoms with Crippen LogP contribution in [0, 0.1) is 5.92 Å². The van der Waals surface area contributed by atoms with Crippen LogP contribution in [0.2, 0.25) is 0 Å². The third kappa shape index (κ3) is 3.77. The van der Waals surface area contributed by atoms with Crippen molar-refractivity contribution in [2.75, 3.05) is 6.54 Å². The van der Waals surface area contributed by atoms with Gasteiger partial charge in [0, 0.05) is 23.5 Å². The van der Waals surface area contributed by atoms with Gasteiger partial charge in [0.25, 0.3) is 0 Å². The second-order valence-electron chi connectivity index (χ2n) is 6.46. The van der Waals surface area contributed by atoms with Crippen molar-refractivity contribution in [1.82, 2.24) is 4.90 Å². The Morgan fingerprint density at radius 1 is 1.37 bits per heavy atom. The minimum absolute atomic E-state index is 0.0225. The normalized spacial score (nSPS) is 27.6. The highest BCUT2D eigenvalue weighted by Gasteiger charge is 2.42. The Kier molecular flexibility index (Phi) is 3.90. The molecule has 19 heavy (non-hydrogen) atoms. The summed E-state index contributed by atoms with van der Waals surface area (Å²) in [7, 11) is 0. The molecule has 2 rings (SSSR count). The average molecular weight is 266 g/mol. The maximum absolute atomic E-state index is 12.2. The molecular weight excluding hydrogens is 244 g/mol. The van der Waals surface area contributed by atoms with Gasteiger partial charge in [0.1, 0.15) is 5.60 Å². The van der Waals surface area contributed by atoms with Crippen molar-refractivity contribution in [2.24, 2.45) is 11.0 Å². The molecule has 2 fully saturated rings. The number of hydrogen-bond acceptors (Lipinski definition) is 3. The molecule has 1 amide bonds. The maximum atomic E-state index is 12.2. The molecule has 1 saturated carbocycles. The third-order valence-electron chi connectivity index (χ3n) is 3.63. The Balaban J connectivity index is 2.03. The first kappa shape index (κ1) is 14.0. The van der Waals surface area contributed by atoms with E-state index in [9.17, 15) is 4.79 Å². The molecule has 106 valence electrons. The van der Waals surface area contributed by atoms with Gasteiger partial charge in [-0.1, -0.05) is 5.11 Å². The van der Waals surface area contributed by atoms with Gasteiger partial charge in [0.15, 0.2) is 0 Å². The van der Waals surface area contributed by atoms with Crippen molar-refractivity contribution < 1.29 is 9.53 Å². The van der Waals surface area contributed by atoms with E-state index in [1.165, 1.54) is 0 Å². The topological polar surface area (TPSA) is 78.3 Å². The monoisotopic (exact) mass is 266 g/mol. The number of piperidine rings is 1. The highest BCUT2D eigenvalue weighted by molar-refractivity contribution is 5.68. The van der Waals surface area contributed by atoms with Crippen LogP contribution in [0.1, 0.15) is 46.5 Å². The van der Waals surface area contributed by atoms with Crippen LogP contribution in [-0.4, -0.2) is 35.2 Å². The van der Waals surface area contributed by atoms with Crippen LogP contribution in [-0.2, 0) is 4.74 Å². The van der Waals surface area contributed by atoms with Gasteiger partial charge < -0.3 is 9.64 Å². The first-order chi connectivity index (χ1) is 8.90. The molecule has 1 aliphatic carbocycles. The molecule has 1 saturated heterocycles. The maximum Gasteiger partial charge on any atom is 0.410 e. The summed E-state index contributed by atoms with van der Waals surface area (Å²) in [5.74, 6) is 0.559. The number of nitrogens with zero attached hydrogens (tertiary/aromatic N) is 4. The first-order valence-electron chi connectivity index (χ1n) is 6.94. The van der Waals surface area contributed by atoms with Crippen LogP contribution >= 0.6 is 0 Å². The highest BCUT2D eigenvalue weighted by atomic mass is 16.6. The molecule has 0 N–H and O–H groups in total. The molecule has 6 nitrogen and oxygen atoms in total. The molecule has 0 aromatic carbocycles. The highest BCUT2D eigenvalue weighted by Crippen LogP contribution is 2.40. The summed E-state index contributed by atoms with van der Waals surface area (Å²) in [6.45, 7) is 6.26. The smallest absolute Gasteiger partial charge is 0.410 e. The zero-order valence-electron chi connectivity index (χ0n) is 11.9. The SMILES string of the molecule is CC(C)(C)OC(=O)N1CC[C@@H](N=[N+]=[N-])C[C@H]1C1CC1. The molecule has 0 spiro atoms. The van der Waals surface area contributed by atoms with Crippen LogP contribution in [0.15, 0.2) is 5.11 Å². The minimum Gasteiger partial charge on any atom is -0.444 e. The lowest BCUT2D eigenvalue weighted by Gasteiger charge is -2.39. The van der Waals surface area contributed by atoms with Gasteiger partial charge in [0.2, 0.25) is 0 Å². The molecule has 0 aromatic heterocycles. The van der Waals surface area contributed by atoms with E-state index >= 15 is 0 Å². The van der Waals surface area contributed by atoms with Gasteiger partial charge in [-0.25, -0.2) is 4.79 Å². The van der Waals surface area contributed by atoms with E-state index in [1.807, 2.05) is 25.7 Å². The van der Waals surface area contributed by atoms with Crippen molar-refractivity contribution in [3.63, 3.8) is 0 Å². The van der Waals surface area contributed by atoms with E-state index in [0.29, 0.717) is 12.5 Å². The van der Waals surface area contributed by atoms with E-state index in [1.54, 1.807) is 0 Å². The predicted octanol–water partition coefficient (Wildman–Crippen LogP) is 3.47. The standard InChI is InChI=1S/C13H22N4O2/c1-13(2,3)19-12(18)17-7-6-10(15-16-14)8-11(17)9-4-5-9/h9-11H,4-8H2,1-3H3/t10-,11+/m1/s1. The molecule has 0 radical (unpaired) electrons. The van der Waals surface area contributed by atoms with Gasteiger partial charge in [-0.3, -0.25) is 0 Å². The number of hydrogen-bond donors (Lipinski definition) is 0. The quantitative estimate of drug-likeness (QED) is 0.435. The summed E-state index contributed by atoms with van der Waals surface area (Å²) in [6, 6.07) is 0.202. The summed E-state index contributed by atoms with van der Waals surface area (Å²) in [5.41, 5.74) is 8.07. The van der Waals surface area contributed by atoms with Crippen molar-refractivity contribution in [3.05, 3.63) is 10.4 Å². The molecule has 0 bridgehead atoms. The van der Waals surface area contributed by atoms with Gasteiger partial charge in [0.05, 0.1) is 0 Å². The third-order valence-corrected chi connectivity index (χ3v) is 3.63. The lowest BCUT2D eigenvalue weighted by atomic mass is 9.95. The molecule has 2 atom stereocenters. The van der Waals surface area contributed by atoms with Gasteiger partial charge >= 0.3 is 6.09 Å². The second-order valence-corrected chi connectivity index (χ2v) is 6.46. The number of ether oxygens (including phenoxy) is 1. The van der Waals surface area contributed by atoms with E-state index in [-0.39, 0.29) is 18.2 Å². The Labute approximate surface area is 113 Å². The summed E-state index contributed by atoms with van der Waals surface area (Å²) in [4.78, 5) is 17.0. The lowest BCUT2D eigenvalue weighted by Crippen LogP contribution is -2.49. The van der Waals surface area contributed by atoms with E-state index < -0.39 is 5.60 Å². The Bertz CT molecular complexity index is 394. The summed E-state index contributed by atoms with van der Waals surface area (Å²) < 4.78 is 5.46. The van der Waals surface area contributed by atoms with E-state index in [0.717, 1.165) is 25.7 Å². The fourth-order valence-corrected chi connectivity index (χ4v) is 2.63. The fourth-order valence-electron chi connectivity index (χ4n) is 2.63. The number of amides is 1. The van der Waals surface area contributed by atoms with Crippen molar-refractivity contribution in [1.29, 1.82) is 0 Å². The van der Waals surface area contributed by atoms with Crippen molar-refractivity contribution in [2.45, 2.75) is 64.1 Å². The Morgan fingerprint density at radius 3 is 2.58 bits per heavy atom. The molecule has 1 heterocycles. The largest absolute Gasteiger partial charge is 0.444 e. The summed E-state index contributed by atoms with van der Waals surface area (Å²) in [6.07, 6.45) is 3.59. The second kappa shape index (κ2) is 5.29. The average Bonchev–Trinajstić information content (AvgIpc) is 3.10. The van der Waals surface area contributed by atoms with Crippen molar-refractivity contribution in [3.8, 4) is 0 Å². The number of rotatable bonds is 2. The zero-order valence-corrected chi connectivity index (χ0v) is 11.9. The van der Waals surface area contributed by atoms with Crippen LogP contribution < -0.4 is 0 Å². The number of azide groups is 1. The van der Waals surface area contributed by atoms with Crippen LogP contribution in [0.25, 0.3) is 10.4 Å². The number of likely N-dealkylation sites (tertiary alicyclic amines) is 1. The van der Waals surface area contributed by atoms with Crippen LogP contribution in [0.3, 0.4) is 0 Å². The van der Waals surface area contributed by atoms with Crippen LogP contribution in [0.4, 0.5) is 4.79 Å². The number of carbonyl (C=O) groups excluding carboxylic acids is 1. The molecule has 2 aliphatic rings. The summed E-state index contributed by atoms with van der Waals surface area (Å²) in [5, 5.41) is 3.81. The van der Waals surface area contributed by atoms with Crippen LogP contribution in [0.5, 0.6) is 0 Å². The molecule has 6 heteroatoms. The molecule has 1 aliphatic heterocycles. The number of carbonyl (C=O) groups is 1. The Morgan fingerprint density at radius 2 is 2.05 bits per heavy atom. The Hall–Kier alpha value is -1.42. The van der Waals surface area contributed by atoms with Gasteiger partial charge in [-0.05, 0) is 57.9 Å². The molecular formula is C13H22N4O2. The lowest BCUT2D eigenvalue weighted by molar-refractivity contribution is 0.00541. The minimum atomic E-state index is -0.465. The summed E-state index contributed by atoms with van der Waals surface area (Å²) >= 11 is 0. The van der Waals surface area contributed by atoms with Crippen molar-refractivity contribution >= 4 is 6.09 Å².